The van der Waals surface area contributed by atoms with Crippen LogP contribution in [0.1, 0.15) is 100 Å². The zero-order valence-electron chi connectivity index (χ0n) is 53.0. The molecular weight excluding hydrogens is 975 g/mol. The second-order valence-corrected chi connectivity index (χ2v) is 24.2. The lowest BCUT2D eigenvalue weighted by atomic mass is 9.78. The Morgan fingerprint density at radius 2 is 1.12 bits per heavy atom. The van der Waals surface area contributed by atoms with Crippen molar-refractivity contribution < 1.29 is 17.5 Å². The van der Waals surface area contributed by atoms with Gasteiger partial charge >= 0.3 is 0 Å². The molecule has 0 amide bonds. The molecule has 394 valence electrons. The Morgan fingerprint density at radius 1 is 0.537 bits per heavy atom. The highest BCUT2D eigenvalue weighted by molar-refractivity contribution is 6.16. The van der Waals surface area contributed by atoms with Crippen LogP contribution in [0.25, 0.3) is 99.8 Å². The fourth-order valence-corrected chi connectivity index (χ4v) is 11.4. The Kier molecular flexibility index (Phi) is 10.5. The van der Waals surface area contributed by atoms with Crippen molar-refractivity contribution in [2.24, 2.45) is 5.41 Å². The summed E-state index contributed by atoms with van der Waals surface area (Å²) in [7, 11) is 0. The first-order chi connectivity index (χ1) is 40.9. The van der Waals surface area contributed by atoms with Crippen LogP contribution in [-0.4, -0.2) is 18.7 Å². The fourth-order valence-electron chi connectivity index (χ4n) is 11.4. The fraction of sp³-hybridized carbons (Fsp3) is 0.189. The predicted molar refractivity (Wildman–Crippen MR) is 333 cm³/mol. The summed E-state index contributed by atoms with van der Waals surface area (Å²) in [5.74, 6) is 0.926. The topological polar surface area (TPSA) is 40.8 Å². The van der Waals surface area contributed by atoms with Crippen LogP contribution in [0, 0.1) is 11.7 Å². The highest BCUT2D eigenvalue weighted by atomic mass is 16.5. The Morgan fingerprint density at radius 3 is 1.77 bits per heavy atom. The number of nitrogens with zero attached hydrogens (tertiary/aromatic N) is 5. The first kappa shape index (κ1) is 43.9. The third kappa shape index (κ3) is 8.75. The number of pyridine rings is 1. The van der Waals surface area contributed by atoms with E-state index in [1.165, 1.54) is 0 Å². The van der Waals surface area contributed by atoms with Crippen LogP contribution in [0.5, 0.6) is 11.5 Å². The number of rotatable bonds is 9. The lowest BCUT2D eigenvalue weighted by Crippen LogP contribution is -2.31. The van der Waals surface area contributed by atoms with E-state index in [1.807, 2.05) is 89.0 Å². The van der Waals surface area contributed by atoms with Gasteiger partial charge in [-0.05, 0) is 110 Å². The van der Waals surface area contributed by atoms with Gasteiger partial charge in [0.15, 0.2) is 0 Å². The van der Waals surface area contributed by atoms with Crippen LogP contribution in [0.3, 0.4) is 0 Å². The molecule has 6 heteroatoms. The summed E-state index contributed by atoms with van der Waals surface area (Å²) >= 11 is 0. The van der Waals surface area contributed by atoms with Gasteiger partial charge in [0.1, 0.15) is 17.3 Å². The average Bonchev–Trinajstić information content (AvgIpc) is 1.63. The van der Waals surface area contributed by atoms with E-state index < -0.39 is 24.0 Å². The van der Waals surface area contributed by atoms with E-state index in [9.17, 15) is 4.11 Å². The molecule has 13 rings (SSSR count). The van der Waals surface area contributed by atoms with Crippen LogP contribution in [0.2, 0.25) is 0 Å². The van der Waals surface area contributed by atoms with Crippen LogP contribution in [-0.2, 0) is 10.8 Å². The van der Waals surface area contributed by atoms with Crippen LogP contribution in [0.15, 0.2) is 218 Å². The van der Waals surface area contributed by atoms with Gasteiger partial charge in [0.2, 0.25) is 0 Å². The Labute approximate surface area is 478 Å². The van der Waals surface area contributed by atoms with Gasteiger partial charge in [-0.15, -0.1) is 0 Å². The normalized spacial score (nSPS) is 14.3. The molecule has 0 fully saturated rings. The number of para-hydroxylation sites is 6. The Balaban J connectivity index is 1.03. The molecule has 4 aromatic heterocycles. The molecule has 6 nitrogen and oxygen atoms in total. The third-order valence-corrected chi connectivity index (χ3v) is 16.0. The van der Waals surface area contributed by atoms with Crippen molar-refractivity contribution in [3.05, 3.63) is 241 Å². The summed E-state index contributed by atoms with van der Waals surface area (Å²) in [6.07, 6.45) is 5.57. The second-order valence-electron chi connectivity index (χ2n) is 24.2. The molecule has 9 aromatic carbocycles. The second kappa shape index (κ2) is 19.1. The number of ether oxygens (including phenoxy) is 1. The van der Waals surface area contributed by atoms with Crippen molar-refractivity contribution in [3.63, 3.8) is 0 Å². The minimum absolute atomic E-state index is 0.101. The molecule has 4 heterocycles. The summed E-state index contributed by atoms with van der Waals surface area (Å²) in [6, 6.07) is 60.4. The number of hydrogen-bond acceptors (Lipinski definition) is 2. The molecular formula is C74H67N5O. The minimum Gasteiger partial charge on any atom is -0.458 e. The molecule has 1 unspecified atom stereocenters. The molecule has 0 saturated heterocycles. The standard InChI is InChI=1S/C74H67N5O/c1-48(72(2,3)4)50-38-39-75-69(42-50)79-64-35-19-16-30-61(64)70-67(78-62-33-17-14-28-59(62)60-29-15-18-34-63(60)78)45-56(46-68(70)79)80-55-27-22-26-54(44-55)76-47-77(66-37-21-20-36-65(66)76)71-57(49-24-12-11-13-25-49)31-23-32-58(71)51-40-52(73(5,6)7)43-53(41-51)74(8,9)10/h11-46,48H,1-10H3/i11D,12D,13D,24D,25D,48D. The molecule has 80 heavy (non-hydrogen) atoms. The number of imidazole rings is 1. The molecule has 13 aromatic rings. The summed E-state index contributed by atoms with van der Waals surface area (Å²) in [6.45, 7) is 21.5. The molecule has 0 aliphatic carbocycles. The predicted octanol–water partition coefficient (Wildman–Crippen LogP) is 19.2. The van der Waals surface area contributed by atoms with Crippen molar-refractivity contribution >= 4 is 54.6 Å². The summed E-state index contributed by atoms with van der Waals surface area (Å²) in [4.78, 5) is 5.05. The SMILES string of the molecule is [2H]c1c([2H])c([2H])c(-c2cccc(-c3cc(C(C)(C)C)cc(C(C)(C)C)c3)c2-[n+]2[c-]n(-c3cccc(Oc4cc(-n5c6ccccc6c6ccccc65)c5c6ccccc6n(-c6cc(C([2H])(C)C(C)(C)C)ccn6)c5c4)c3)c3ccccc32)c([2H])c1[2H]. The average molecular weight is 1050 g/mol. The van der Waals surface area contributed by atoms with Gasteiger partial charge in [0, 0.05) is 41.2 Å². The summed E-state index contributed by atoms with van der Waals surface area (Å²) in [5.41, 5.74) is 12.5. The molecule has 0 radical (unpaired) electrons. The maximum absolute atomic E-state index is 9.66. The van der Waals surface area contributed by atoms with E-state index >= 15 is 0 Å². The number of hydrogen-bond donors (Lipinski definition) is 0. The van der Waals surface area contributed by atoms with Crippen LogP contribution >= 0.6 is 0 Å². The van der Waals surface area contributed by atoms with Gasteiger partial charge < -0.3 is 9.30 Å². The summed E-state index contributed by atoms with van der Waals surface area (Å²) < 4.78 is 70.3. The Bertz CT molecular complexity index is 4800. The van der Waals surface area contributed by atoms with E-state index in [0.717, 1.165) is 93.8 Å². The Hall–Kier alpha value is -9.00. The third-order valence-electron chi connectivity index (χ3n) is 16.0. The molecule has 0 spiro atoms. The van der Waals surface area contributed by atoms with Crippen molar-refractivity contribution in [3.8, 4) is 56.6 Å². The van der Waals surface area contributed by atoms with Gasteiger partial charge in [-0.25, -0.2) is 4.98 Å². The summed E-state index contributed by atoms with van der Waals surface area (Å²) in [5, 5.41) is 4.33. The minimum atomic E-state index is -0.928. The van der Waals surface area contributed by atoms with E-state index in [4.69, 9.17) is 13.8 Å². The van der Waals surface area contributed by atoms with E-state index in [0.29, 0.717) is 28.6 Å². The van der Waals surface area contributed by atoms with E-state index in [1.54, 1.807) is 0 Å². The zero-order valence-corrected chi connectivity index (χ0v) is 47.0. The lowest BCUT2D eigenvalue weighted by molar-refractivity contribution is -0.571. The largest absolute Gasteiger partial charge is 0.458 e. The molecule has 0 N–H and O–H groups in total. The van der Waals surface area contributed by atoms with Crippen molar-refractivity contribution in [2.75, 3.05) is 0 Å². The monoisotopic (exact) mass is 1050 g/mol. The van der Waals surface area contributed by atoms with E-state index in [-0.39, 0.29) is 33.9 Å². The smallest absolute Gasteiger partial charge is 0.269 e. The molecule has 0 aliphatic heterocycles. The van der Waals surface area contributed by atoms with Gasteiger partial charge in [-0.2, -0.15) is 0 Å². The first-order valence-electron chi connectivity index (χ1n) is 30.5. The number of fused-ring (bicyclic) bond motifs is 7. The quantitative estimate of drug-likeness (QED) is 0.107. The maximum Gasteiger partial charge on any atom is 0.269 e. The highest BCUT2D eigenvalue weighted by Crippen LogP contribution is 2.45. The van der Waals surface area contributed by atoms with E-state index in [2.05, 4.69) is 193 Å². The van der Waals surface area contributed by atoms with Crippen molar-refractivity contribution in [1.82, 2.24) is 18.7 Å². The van der Waals surface area contributed by atoms with Crippen LogP contribution < -0.4 is 9.30 Å². The van der Waals surface area contributed by atoms with Crippen LogP contribution in [0.4, 0.5) is 0 Å². The van der Waals surface area contributed by atoms with Gasteiger partial charge in [-0.1, -0.05) is 221 Å². The molecule has 0 aliphatic rings. The van der Waals surface area contributed by atoms with Gasteiger partial charge in [0.25, 0.3) is 6.33 Å². The van der Waals surface area contributed by atoms with Gasteiger partial charge in [0.05, 0.1) is 57.0 Å². The first-order valence-corrected chi connectivity index (χ1v) is 27.5. The molecule has 1 atom stereocenters. The van der Waals surface area contributed by atoms with Crippen molar-refractivity contribution in [2.45, 2.75) is 86.0 Å². The van der Waals surface area contributed by atoms with Crippen molar-refractivity contribution in [1.29, 1.82) is 0 Å². The molecule has 0 bridgehead atoms. The lowest BCUT2D eigenvalue weighted by Gasteiger charge is -2.27. The maximum atomic E-state index is 9.66. The van der Waals surface area contributed by atoms with Gasteiger partial charge in [-0.3, -0.25) is 13.7 Å². The zero-order chi connectivity index (χ0) is 60.5. The highest BCUT2D eigenvalue weighted by Gasteiger charge is 2.27. The number of benzene rings is 9. The number of aromatic nitrogens is 5. The molecule has 0 saturated carbocycles.